The molecule has 11 nitrogen and oxygen atoms in total. The van der Waals surface area contributed by atoms with E-state index in [9.17, 15) is 39.9 Å². The lowest BCUT2D eigenvalue weighted by Crippen LogP contribution is -2.68. The van der Waals surface area contributed by atoms with Crippen LogP contribution >= 0.6 is 0 Å². The van der Waals surface area contributed by atoms with Crippen LogP contribution in [0.4, 0.5) is 0 Å². The summed E-state index contributed by atoms with van der Waals surface area (Å²) in [5, 5.41) is 66.1. The van der Waals surface area contributed by atoms with Crippen LogP contribution in [-0.2, 0) is 15.0 Å². The number of hydrogen-bond donors (Lipinski definition) is 6. The summed E-state index contributed by atoms with van der Waals surface area (Å²) in [4.78, 5) is 41.0. The van der Waals surface area contributed by atoms with Gasteiger partial charge >= 0.3 is 0 Å². The number of Topliss-reactive ketones (excluding diaryl/α,β-unsaturated/α-hetero) is 2. The number of amides is 1. The number of nitriles is 1. The number of rotatable bonds is 6. The van der Waals surface area contributed by atoms with Crippen molar-refractivity contribution in [3.05, 3.63) is 51.5 Å². The number of phenolic OH excluding ortho intramolecular Hbond substituents is 1. The second-order valence-electron chi connectivity index (χ2n) is 11.9. The number of ketones is 2. The number of phenols is 1. The number of carbonyl (C=O) groups excluding carboxylic acids is 3. The first-order chi connectivity index (χ1) is 18.5. The SMILES string of the molecule is C[C@@H]1c2ccc(C(C)(C)CCCC#N)c(O)c2C(=O)C2=C(O)[C@]3(O)C(=O)C(C(N)=O)=C(O)[C@H](N(C)C)[C@@H]3[C@@H](O)[C@@H]21. The molecule has 3 aliphatic carbocycles. The number of unbranched alkanes of at least 4 members (excludes halogenated alkanes) is 1. The minimum atomic E-state index is -2.95. The molecular weight excluding hydrogens is 518 g/mol. The van der Waals surface area contributed by atoms with Crippen LogP contribution in [0, 0.1) is 23.2 Å². The average Bonchev–Trinajstić information content (AvgIpc) is 2.85. The smallest absolute Gasteiger partial charge is 0.255 e. The fourth-order valence-electron chi connectivity index (χ4n) is 6.91. The second kappa shape index (κ2) is 9.73. The lowest BCUT2D eigenvalue weighted by molar-refractivity contribution is -0.162. The fourth-order valence-corrected chi connectivity index (χ4v) is 6.91. The molecular formula is C29H35N3O8. The zero-order valence-corrected chi connectivity index (χ0v) is 23.1. The molecule has 0 aromatic heterocycles. The molecule has 6 atom stereocenters. The van der Waals surface area contributed by atoms with E-state index >= 15 is 0 Å². The Morgan fingerprint density at radius 1 is 1.20 bits per heavy atom. The summed E-state index contributed by atoms with van der Waals surface area (Å²) >= 11 is 0. The van der Waals surface area contributed by atoms with Gasteiger partial charge in [0.2, 0.25) is 5.78 Å². The summed E-state index contributed by atoms with van der Waals surface area (Å²) in [7, 11) is 2.98. The van der Waals surface area contributed by atoms with Crippen molar-refractivity contribution in [2.24, 2.45) is 17.6 Å². The Kier molecular flexibility index (Phi) is 7.12. The van der Waals surface area contributed by atoms with Gasteiger partial charge in [-0.3, -0.25) is 19.3 Å². The van der Waals surface area contributed by atoms with E-state index in [0.29, 0.717) is 30.4 Å². The number of aliphatic hydroxyl groups excluding tert-OH is 3. The second-order valence-corrected chi connectivity index (χ2v) is 11.9. The van der Waals surface area contributed by atoms with E-state index in [1.807, 2.05) is 13.8 Å². The number of likely N-dealkylation sites (N-methyl/N-ethyl adjacent to an activating group) is 1. The van der Waals surface area contributed by atoms with E-state index in [0.717, 1.165) is 0 Å². The fraction of sp³-hybridized carbons (Fsp3) is 0.517. The Morgan fingerprint density at radius 2 is 1.82 bits per heavy atom. The Balaban J connectivity index is 1.96. The van der Waals surface area contributed by atoms with Crippen LogP contribution in [0.3, 0.4) is 0 Å². The minimum Gasteiger partial charge on any atom is -0.510 e. The van der Waals surface area contributed by atoms with Gasteiger partial charge in [-0.05, 0) is 43.8 Å². The highest BCUT2D eigenvalue weighted by Crippen LogP contribution is 2.56. The van der Waals surface area contributed by atoms with Gasteiger partial charge in [-0.2, -0.15) is 5.26 Å². The molecule has 40 heavy (non-hydrogen) atoms. The van der Waals surface area contributed by atoms with E-state index in [4.69, 9.17) is 11.0 Å². The van der Waals surface area contributed by atoms with Crippen LogP contribution in [0.1, 0.15) is 67.4 Å². The van der Waals surface area contributed by atoms with Gasteiger partial charge in [0.05, 0.1) is 29.7 Å². The maximum atomic E-state index is 14.0. The van der Waals surface area contributed by atoms with E-state index in [1.54, 1.807) is 19.1 Å². The molecule has 1 aromatic carbocycles. The normalized spacial score (nSPS) is 30.1. The van der Waals surface area contributed by atoms with Crippen LogP contribution < -0.4 is 5.73 Å². The third-order valence-corrected chi connectivity index (χ3v) is 8.95. The van der Waals surface area contributed by atoms with Gasteiger partial charge in [-0.15, -0.1) is 0 Å². The molecule has 0 heterocycles. The number of hydrogen-bond acceptors (Lipinski definition) is 10. The van der Waals surface area contributed by atoms with Gasteiger partial charge < -0.3 is 31.3 Å². The van der Waals surface area contributed by atoms with Crippen molar-refractivity contribution in [1.29, 1.82) is 5.26 Å². The molecule has 0 saturated carbocycles. The predicted molar refractivity (Wildman–Crippen MR) is 142 cm³/mol. The molecule has 0 unspecified atom stereocenters. The number of fused-ring (bicyclic) bond motifs is 3. The molecule has 0 radical (unpaired) electrons. The number of nitrogens with two attached hydrogens (primary N) is 1. The van der Waals surface area contributed by atoms with Crippen molar-refractivity contribution in [2.75, 3.05) is 14.1 Å². The van der Waals surface area contributed by atoms with Gasteiger partial charge in [0.1, 0.15) is 22.8 Å². The number of benzene rings is 1. The van der Waals surface area contributed by atoms with E-state index < -0.39 is 81.1 Å². The molecule has 0 bridgehead atoms. The molecule has 0 spiro atoms. The molecule has 1 amide bonds. The van der Waals surface area contributed by atoms with Crippen LogP contribution in [-0.4, -0.2) is 79.7 Å². The quantitative estimate of drug-likeness (QED) is 0.222. The van der Waals surface area contributed by atoms with Crippen molar-refractivity contribution in [3.8, 4) is 11.8 Å². The highest BCUT2D eigenvalue weighted by Gasteiger charge is 2.67. The van der Waals surface area contributed by atoms with Crippen LogP contribution in [0.5, 0.6) is 5.75 Å². The number of aliphatic hydroxyl groups is 4. The van der Waals surface area contributed by atoms with Gasteiger partial charge in [-0.1, -0.05) is 32.9 Å². The third kappa shape index (κ3) is 3.85. The van der Waals surface area contributed by atoms with Crippen LogP contribution in [0.2, 0.25) is 0 Å². The van der Waals surface area contributed by atoms with Crippen molar-refractivity contribution in [1.82, 2.24) is 4.90 Å². The monoisotopic (exact) mass is 553 g/mol. The van der Waals surface area contributed by atoms with Crippen molar-refractivity contribution in [2.45, 2.75) is 69.1 Å². The van der Waals surface area contributed by atoms with Gasteiger partial charge in [0.25, 0.3) is 5.91 Å². The zero-order valence-electron chi connectivity index (χ0n) is 23.1. The maximum Gasteiger partial charge on any atom is 0.255 e. The molecule has 0 aliphatic heterocycles. The Bertz CT molecular complexity index is 1420. The molecule has 3 aliphatic rings. The molecule has 4 rings (SSSR count). The average molecular weight is 554 g/mol. The minimum absolute atomic E-state index is 0.119. The number of aromatic hydroxyl groups is 1. The lowest BCUT2D eigenvalue weighted by Gasteiger charge is -2.53. The zero-order chi connectivity index (χ0) is 30.1. The van der Waals surface area contributed by atoms with Gasteiger partial charge in [-0.25, -0.2) is 0 Å². The Labute approximate surface area is 231 Å². The molecule has 0 fully saturated rings. The van der Waals surface area contributed by atoms with Crippen molar-refractivity contribution < 1.29 is 39.9 Å². The van der Waals surface area contributed by atoms with Crippen LogP contribution in [0.25, 0.3) is 0 Å². The summed E-state index contributed by atoms with van der Waals surface area (Å²) in [6.07, 6.45) is -0.208. The summed E-state index contributed by atoms with van der Waals surface area (Å²) < 4.78 is 0. The van der Waals surface area contributed by atoms with E-state index in [-0.39, 0.29) is 11.3 Å². The molecule has 0 saturated heterocycles. The largest absolute Gasteiger partial charge is 0.510 e. The van der Waals surface area contributed by atoms with Crippen molar-refractivity contribution >= 4 is 17.5 Å². The topological polar surface area (TPSA) is 205 Å². The van der Waals surface area contributed by atoms with E-state index in [1.165, 1.54) is 19.0 Å². The Hall–Kier alpha value is -3.72. The lowest BCUT2D eigenvalue weighted by atomic mass is 9.55. The number of carbonyl (C=O) groups is 3. The summed E-state index contributed by atoms with van der Waals surface area (Å²) in [5.74, 6) is -9.10. The first-order valence-electron chi connectivity index (χ1n) is 13.1. The summed E-state index contributed by atoms with van der Waals surface area (Å²) in [6.45, 7) is 5.42. The van der Waals surface area contributed by atoms with Crippen molar-refractivity contribution in [3.63, 3.8) is 0 Å². The molecule has 1 aromatic rings. The van der Waals surface area contributed by atoms with E-state index in [2.05, 4.69) is 6.07 Å². The number of primary amides is 1. The number of nitrogens with zero attached hydrogens (tertiary/aromatic N) is 2. The highest BCUT2D eigenvalue weighted by molar-refractivity contribution is 6.25. The summed E-state index contributed by atoms with van der Waals surface area (Å²) in [6, 6.07) is 4.16. The molecule has 7 N–H and O–H groups in total. The maximum absolute atomic E-state index is 14.0. The predicted octanol–water partition coefficient (Wildman–Crippen LogP) is 1.62. The first kappa shape index (κ1) is 29.3. The summed E-state index contributed by atoms with van der Waals surface area (Å²) in [5.41, 5.74) is 1.13. The molecule has 214 valence electrons. The van der Waals surface area contributed by atoms with Gasteiger partial charge in [0.15, 0.2) is 11.4 Å². The Morgan fingerprint density at radius 3 is 2.38 bits per heavy atom. The molecule has 11 heteroatoms. The standard InChI is InChI=1S/C29H35N3O8/c1-12-13-8-9-14(28(2,3)10-6-7-11-30)21(33)16(13)22(34)17-15(12)23(35)19-20(32(4)5)24(36)18(27(31)39)26(38)29(19,40)25(17)37/h8-9,12,15,19-20,23,33,35-37,40H,6-7,10H2,1-5H3,(H2,31,39)/t12-,15-,19-,20-,23+,29+/m1/s1. The van der Waals surface area contributed by atoms with Gasteiger partial charge in [0, 0.05) is 23.5 Å². The third-order valence-electron chi connectivity index (χ3n) is 8.95. The van der Waals surface area contributed by atoms with Crippen LogP contribution in [0.15, 0.2) is 34.8 Å². The first-order valence-corrected chi connectivity index (χ1v) is 13.1. The highest BCUT2D eigenvalue weighted by atomic mass is 16.4.